The van der Waals surface area contributed by atoms with Crippen molar-refractivity contribution in [3.63, 3.8) is 0 Å². The fourth-order valence-electron chi connectivity index (χ4n) is 2.46. The van der Waals surface area contributed by atoms with Gasteiger partial charge in [0.25, 0.3) is 0 Å². The van der Waals surface area contributed by atoms with E-state index >= 15 is 0 Å². The van der Waals surface area contributed by atoms with Gasteiger partial charge in [-0.2, -0.15) is 0 Å². The lowest BCUT2D eigenvalue weighted by molar-refractivity contribution is 0.352. The molecule has 0 aliphatic carbocycles. The first-order chi connectivity index (χ1) is 9.98. The minimum atomic E-state index is 0.256. The third-order valence-electron chi connectivity index (χ3n) is 3.43. The molecule has 112 valence electrons. The number of anilines is 1. The van der Waals surface area contributed by atoms with Crippen LogP contribution in [0.3, 0.4) is 0 Å². The molecular weight excluding hydrogens is 258 g/mol. The number of hydrogen-bond donors (Lipinski definition) is 1. The maximum atomic E-state index is 5.30. The number of hydrogen-bond acceptors (Lipinski definition) is 2. The zero-order valence-electron chi connectivity index (χ0n) is 13.4. The summed E-state index contributed by atoms with van der Waals surface area (Å²) >= 11 is 0. The largest absolute Gasteiger partial charge is 0.497 e. The van der Waals surface area contributed by atoms with E-state index in [1.807, 2.05) is 18.2 Å². The van der Waals surface area contributed by atoms with Gasteiger partial charge in [-0.1, -0.05) is 57.2 Å². The first kappa shape index (κ1) is 15.4. The number of methoxy groups -OCH3 is 1. The van der Waals surface area contributed by atoms with Gasteiger partial charge in [-0.15, -0.1) is 0 Å². The van der Waals surface area contributed by atoms with E-state index in [1.165, 1.54) is 5.56 Å². The van der Waals surface area contributed by atoms with E-state index in [2.05, 4.69) is 62.5 Å². The zero-order valence-corrected chi connectivity index (χ0v) is 13.4. The Bertz CT molecular complexity index is 557. The fourth-order valence-corrected chi connectivity index (χ4v) is 2.46. The van der Waals surface area contributed by atoms with E-state index in [0.717, 1.165) is 17.9 Å². The Hall–Kier alpha value is -1.96. The molecule has 1 atom stereocenters. The molecule has 0 spiro atoms. The summed E-state index contributed by atoms with van der Waals surface area (Å²) in [4.78, 5) is 0. The van der Waals surface area contributed by atoms with Gasteiger partial charge in [0, 0.05) is 11.8 Å². The van der Waals surface area contributed by atoms with Crippen LogP contribution in [0.1, 0.15) is 38.8 Å². The molecule has 0 radical (unpaired) electrons. The van der Waals surface area contributed by atoms with E-state index in [4.69, 9.17) is 4.74 Å². The normalized spacial score (nSPS) is 12.8. The van der Waals surface area contributed by atoms with Crippen LogP contribution >= 0.6 is 0 Å². The minimum Gasteiger partial charge on any atom is -0.497 e. The van der Waals surface area contributed by atoms with Crippen molar-refractivity contribution in [1.29, 1.82) is 0 Å². The second kappa shape index (κ2) is 6.66. The highest BCUT2D eigenvalue weighted by molar-refractivity contribution is 5.50. The SMILES string of the molecule is COc1cccc(NC(CC(C)(C)C)c2ccccc2)c1. The lowest BCUT2D eigenvalue weighted by Gasteiger charge is -2.28. The number of nitrogens with one attached hydrogen (secondary N) is 1. The number of benzene rings is 2. The van der Waals surface area contributed by atoms with Gasteiger partial charge in [-0.3, -0.25) is 0 Å². The summed E-state index contributed by atoms with van der Waals surface area (Å²) in [6.45, 7) is 6.82. The topological polar surface area (TPSA) is 21.3 Å². The van der Waals surface area contributed by atoms with Gasteiger partial charge in [0.05, 0.1) is 13.2 Å². The van der Waals surface area contributed by atoms with Gasteiger partial charge in [0.2, 0.25) is 0 Å². The Morgan fingerprint density at radius 1 is 1.00 bits per heavy atom. The van der Waals surface area contributed by atoms with E-state index in [1.54, 1.807) is 7.11 Å². The summed E-state index contributed by atoms with van der Waals surface area (Å²) < 4.78 is 5.30. The Balaban J connectivity index is 2.23. The maximum Gasteiger partial charge on any atom is 0.120 e. The molecular formula is C19H25NO. The molecule has 2 heteroatoms. The van der Waals surface area contributed by atoms with Crippen LogP contribution in [0.15, 0.2) is 54.6 Å². The third-order valence-corrected chi connectivity index (χ3v) is 3.43. The van der Waals surface area contributed by atoms with Crippen molar-refractivity contribution in [2.45, 2.75) is 33.2 Å². The summed E-state index contributed by atoms with van der Waals surface area (Å²) in [7, 11) is 1.70. The molecule has 2 aromatic rings. The standard InChI is InChI=1S/C19H25NO/c1-19(2,3)14-18(15-9-6-5-7-10-15)20-16-11-8-12-17(13-16)21-4/h5-13,18,20H,14H2,1-4H3. The smallest absolute Gasteiger partial charge is 0.120 e. The average Bonchev–Trinajstić information content (AvgIpc) is 2.46. The molecule has 0 amide bonds. The second-order valence-electron chi connectivity index (χ2n) is 6.60. The van der Waals surface area contributed by atoms with Crippen molar-refractivity contribution in [1.82, 2.24) is 0 Å². The van der Waals surface area contributed by atoms with E-state index < -0.39 is 0 Å². The monoisotopic (exact) mass is 283 g/mol. The summed E-state index contributed by atoms with van der Waals surface area (Å²) in [5, 5.41) is 3.65. The number of rotatable bonds is 5. The zero-order chi connectivity index (χ0) is 15.3. The van der Waals surface area contributed by atoms with Crippen LogP contribution in [0.2, 0.25) is 0 Å². The fraction of sp³-hybridized carbons (Fsp3) is 0.368. The molecule has 2 aromatic carbocycles. The second-order valence-corrected chi connectivity index (χ2v) is 6.60. The minimum absolute atomic E-state index is 0.256. The molecule has 1 unspecified atom stereocenters. The molecule has 0 aliphatic rings. The molecule has 2 nitrogen and oxygen atoms in total. The first-order valence-corrected chi connectivity index (χ1v) is 7.43. The van der Waals surface area contributed by atoms with E-state index in [9.17, 15) is 0 Å². The predicted octanol–water partition coefficient (Wildman–Crippen LogP) is 5.28. The third kappa shape index (κ3) is 4.82. The van der Waals surface area contributed by atoms with Gasteiger partial charge < -0.3 is 10.1 Å². The van der Waals surface area contributed by atoms with Crippen LogP contribution < -0.4 is 10.1 Å². The van der Waals surface area contributed by atoms with Gasteiger partial charge in [-0.25, -0.2) is 0 Å². The summed E-state index contributed by atoms with van der Waals surface area (Å²) in [6.07, 6.45) is 1.06. The molecule has 2 rings (SSSR count). The molecule has 21 heavy (non-hydrogen) atoms. The van der Waals surface area contributed by atoms with Gasteiger partial charge in [0.15, 0.2) is 0 Å². The van der Waals surface area contributed by atoms with Crippen molar-refractivity contribution in [3.8, 4) is 5.75 Å². The molecule has 0 heterocycles. The molecule has 0 aliphatic heterocycles. The highest BCUT2D eigenvalue weighted by Crippen LogP contribution is 2.32. The molecule has 0 saturated carbocycles. The maximum absolute atomic E-state index is 5.30. The highest BCUT2D eigenvalue weighted by Gasteiger charge is 2.20. The number of ether oxygens (including phenoxy) is 1. The Labute approximate surface area is 128 Å². The van der Waals surface area contributed by atoms with Crippen molar-refractivity contribution in [3.05, 3.63) is 60.2 Å². The Morgan fingerprint density at radius 3 is 2.33 bits per heavy atom. The molecule has 0 saturated heterocycles. The van der Waals surface area contributed by atoms with Crippen LogP contribution in [0.25, 0.3) is 0 Å². The van der Waals surface area contributed by atoms with Crippen LogP contribution in [-0.2, 0) is 0 Å². The van der Waals surface area contributed by atoms with Crippen molar-refractivity contribution in [2.24, 2.45) is 5.41 Å². The van der Waals surface area contributed by atoms with Gasteiger partial charge in [0.1, 0.15) is 5.75 Å². The summed E-state index contributed by atoms with van der Waals surface area (Å²) in [5.74, 6) is 0.877. The molecule has 0 aromatic heterocycles. The average molecular weight is 283 g/mol. The van der Waals surface area contributed by atoms with Crippen LogP contribution in [-0.4, -0.2) is 7.11 Å². The Morgan fingerprint density at radius 2 is 1.71 bits per heavy atom. The van der Waals surface area contributed by atoms with Crippen LogP contribution in [0.5, 0.6) is 5.75 Å². The molecule has 1 N–H and O–H groups in total. The first-order valence-electron chi connectivity index (χ1n) is 7.43. The van der Waals surface area contributed by atoms with Crippen molar-refractivity contribution >= 4 is 5.69 Å². The van der Waals surface area contributed by atoms with E-state index in [-0.39, 0.29) is 5.41 Å². The summed E-state index contributed by atoms with van der Waals surface area (Å²) in [5.41, 5.74) is 2.66. The van der Waals surface area contributed by atoms with Crippen LogP contribution in [0.4, 0.5) is 5.69 Å². The summed E-state index contributed by atoms with van der Waals surface area (Å²) in [6, 6.07) is 19.0. The van der Waals surface area contributed by atoms with E-state index in [0.29, 0.717) is 6.04 Å². The quantitative estimate of drug-likeness (QED) is 0.805. The van der Waals surface area contributed by atoms with Gasteiger partial charge in [-0.05, 0) is 29.5 Å². The van der Waals surface area contributed by atoms with Crippen LogP contribution in [0, 0.1) is 5.41 Å². The predicted molar refractivity (Wildman–Crippen MR) is 89.9 cm³/mol. The lowest BCUT2D eigenvalue weighted by atomic mass is 9.85. The van der Waals surface area contributed by atoms with Crippen molar-refractivity contribution < 1.29 is 4.74 Å². The Kier molecular flexibility index (Phi) is 4.89. The highest BCUT2D eigenvalue weighted by atomic mass is 16.5. The van der Waals surface area contributed by atoms with Gasteiger partial charge >= 0.3 is 0 Å². The van der Waals surface area contributed by atoms with Crippen molar-refractivity contribution in [2.75, 3.05) is 12.4 Å². The molecule has 0 bridgehead atoms. The lowest BCUT2D eigenvalue weighted by Crippen LogP contribution is -2.18. The molecule has 0 fully saturated rings.